The maximum atomic E-state index is 10.6. The van der Waals surface area contributed by atoms with Gasteiger partial charge in [-0.25, -0.2) is 0 Å². The second-order valence-electron chi connectivity index (χ2n) is 4.93. The van der Waals surface area contributed by atoms with Gasteiger partial charge in [-0.2, -0.15) is 0 Å². The van der Waals surface area contributed by atoms with Crippen molar-refractivity contribution in [1.82, 2.24) is 0 Å². The van der Waals surface area contributed by atoms with Gasteiger partial charge in [0.25, 0.3) is 5.69 Å². The monoisotopic (exact) mass is 377 g/mol. The number of hydrogen-bond acceptors (Lipinski definition) is 5. The molecular formula is C16H16BrN3O3. The Morgan fingerprint density at radius 2 is 2.04 bits per heavy atom. The third kappa shape index (κ3) is 4.79. The maximum absolute atomic E-state index is 10.6. The average Bonchev–Trinajstić information content (AvgIpc) is 2.52. The number of phenols is 1. The number of benzene rings is 2. The van der Waals surface area contributed by atoms with Crippen molar-refractivity contribution in [2.45, 2.75) is 6.92 Å². The molecule has 0 aliphatic carbocycles. The lowest BCUT2D eigenvalue weighted by atomic mass is 10.1. The summed E-state index contributed by atoms with van der Waals surface area (Å²) in [5, 5.41) is 23.6. The molecule has 0 aliphatic heterocycles. The van der Waals surface area contributed by atoms with Crippen LogP contribution in [0.2, 0.25) is 0 Å². The first-order valence-electron chi connectivity index (χ1n) is 6.94. The van der Waals surface area contributed by atoms with Gasteiger partial charge in [0.05, 0.1) is 11.5 Å². The average molecular weight is 378 g/mol. The van der Waals surface area contributed by atoms with Crippen molar-refractivity contribution < 1.29 is 10.0 Å². The van der Waals surface area contributed by atoms with Gasteiger partial charge >= 0.3 is 0 Å². The number of halogens is 1. The molecule has 23 heavy (non-hydrogen) atoms. The van der Waals surface area contributed by atoms with Crippen LogP contribution in [0.5, 0.6) is 5.75 Å². The highest BCUT2D eigenvalue weighted by Gasteiger charge is 2.04. The normalized spacial score (nSPS) is 10.9. The summed E-state index contributed by atoms with van der Waals surface area (Å²) in [7, 11) is 0. The quantitative estimate of drug-likeness (QED) is 0.345. The van der Waals surface area contributed by atoms with Gasteiger partial charge in [-0.05, 0) is 36.8 Å². The summed E-state index contributed by atoms with van der Waals surface area (Å²) < 4.78 is 0.887. The summed E-state index contributed by atoms with van der Waals surface area (Å²) in [6, 6.07) is 9.86. The number of nitro groups is 1. The second-order valence-corrected chi connectivity index (χ2v) is 5.84. The fourth-order valence-electron chi connectivity index (χ4n) is 1.99. The Kier molecular flexibility index (Phi) is 5.70. The molecule has 0 saturated carbocycles. The molecule has 2 rings (SSSR count). The summed E-state index contributed by atoms with van der Waals surface area (Å²) in [6.45, 7) is 2.93. The molecule has 0 bridgehead atoms. The molecule has 0 aliphatic rings. The highest BCUT2D eigenvalue weighted by molar-refractivity contribution is 9.10. The molecule has 0 atom stereocenters. The van der Waals surface area contributed by atoms with Gasteiger partial charge in [0.2, 0.25) is 0 Å². The predicted molar refractivity (Wildman–Crippen MR) is 94.6 cm³/mol. The van der Waals surface area contributed by atoms with Crippen LogP contribution in [0.3, 0.4) is 0 Å². The smallest absolute Gasteiger partial charge is 0.269 e. The molecule has 0 radical (unpaired) electrons. The van der Waals surface area contributed by atoms with E-state index in [0.29, 0.717) is 18.7 Å². The summed E-state index contributed by atoms with van der Waals surface area (Å²) in [6.07, 6.45) is 1.63. The Hall–Kier alpha value is -2.41. The third-order valence-corrected chi connectivity index (χ3v) is 3.63. The van der Waals surface area contributed by atoms with Gasteiger partial charge in [-0.1, -0.05) is 15.9 Å². The summed E-state index contributed by atoms with van der Waals surface area (Å²) in [5.41, 5.74) is 2.30. The van der Waals surface area contributed by atoms with E-state index in [-0.39, 0.29) is 11.4 Å². The fourth-order valence-corrected chi connectivity index (χ4v) is 2.58. The molecule has 0 unspecified atom stereocenters. The number of anilines is 1. The van der Waals surface area contributed by atoms with Crippen LogP contribution < -0.4 is 5.32 Å². The molecule has 6 nitrogen and oxygen atoms in total. The van der Waals surface area contributed by atoms with Crippen molar-refractivity contribution >= 4 is 33.5 Å². The number of nitrogens with one attached hydrogen (secondary N) is 1. The van der Waals surface area contributed by atoms with E-state index in [4.69, 9.17) is 0 Å². The molecular weight excluding hydrogens is 362 g/mol. The molecule has 0 aromatic heterocycles. The van der Waals surface area contributed by atoms with Gasteiger partial charge in [-0.15, -0.1) is 0 Å². The topological polar surface area (TPSA) is 87.8 Å². The van der Waals surface area contributed by atoms with Crippen LogP contribution in [0.25, 0.3) is 0 Å². The van der Waals surface area contributed by atoms with Crippen LogP contribution in [-0.4, -0.2) is 29.3 Å². The van der Waals surface area contributed by atoms with E-state index in [9.17, 15) is 15.2 Å². The van der Waals surface area contributed by atoms with E-state index in [1.54, 1.807) is 24.4 Å². The van der Waals surface area contributed by atoms with Gasteiger partial charge in [0, 0.05) is 40.6 Å². The van der Waals surface area contributed by atoms with Crippen molar-refractivity contribution in [1.29, 1.82) is 0 Å². The Balaban J connectivity index is 1.87. The van der Waals surface area contributed by atoms with Gasteiger partial charge < -0.3 is 10.4 Å². The molecule has 2 N–H and O–H groups in total. The van der Waals surface area contributed by atoms with Crippen molar-refractivity contribution in [3.05, 3.63) is 62.1 Å². The van der Waals surface area contributed by atoms with E-state index >= 15 is 0 Å². The van der Waals surface area contributed by atoms with Gasteiger partial charge in [-0.3, -0.25) is 15.1 Å². The first kappa shape index (κ1) is 17.0. The van der Waals surface area contributed by atoms with Crippen molar-refractivity contribution in [2.75, 3.05) is 18.4 Å². The number of aliphatic imine (C=N–C) groups is 1. The van der Waals surface area contributed by atoms with Gasteiger partial charge in [0.15, 0.2) is 0 Å². The highest BCUT2D eigenvalue weighted by Crippen LogP contribution is 2.25. The number of non-ortho nitro benzene ring substituents is 1. The molecule has 0 saturated heterocycles. The minimum Gasteiger partial charge on any atom is -0.507 e. The highest BCUT2D eigenvalue weighted by atomic mass is 79.9. The molecule has 120 valence electrons. The molecule has 2 aromatic rings. The lowest BCUT2D eigenvalue weighted by Crippen LogP contribution is -2.05. The number of phenolic OH excluding ortho intramolecular Hbond substituents is 1. The zero-order chi connectivity index (χ0) is 16.8. The molecule has 7 heteroatoms. The van der Waals surface area contributed by atoms with E-state index in [2.05, 4.69) is 26.2 Å². The first-order valence-corrected chi connectivity index (χ1v) is 7.74. The largest absolute Gasteiger partial charge is 0.507 e. The molecule has 0 spiro atoms. The Morgan fingerprint density at radius 1 is 1.35 bits per heavy atom. The lowest BCUT2D eigenvalue weighted by molar-refractivity contribution is -0.384. The minimum absolute atomic E-state index is 0.0640. The van der Waals surface area contributed by atoms with Gasteiger partial charge in [0.1, 0.15) is 5.75 Å². The number of nitrogens with zero attached hydrogens (tertiary/aromatic N) is 2. The van der Waals surface area contributed by atoms with E-state index in [0.717, 1.165) is 15.7 Å². The number of nitro benzene ring substituents is 1. The van der Waals surface area contributed by atoms with Crippen molar-refractivity contribution in [3.8, 4) is 5.75 Å². The summed E-state index contributed by atoms with van der Waals surface area (Å²) >= 11 is 3.38. The van der Waals surface area contributed by atoms with Crippen LogP contribution in [0.15, 0.2) is 45.9 Å². The molecule has 0 fully saturated rings. The standard InChI is InChI=1S/C16H16BrN3O3/c1-11-8-13(17)9-12(16(11)21)10-18-6-7-19-14-2-4-15(5-3-14)20(22)23/h2-5,8-10,19,21H,6-7H2,1H3. The zero-order valence-electron chi connectivity index (χ0n) is 12.5. The third-order valence-electron chi connectivity index (χ3n) is 3.17. The van der Waals surface area contributed by atoms with Crippen molar-refractivity contribution in [2.24, 2.45) is 4.99 Å². The van der Waals surface area contributed by atoms with E-state index < -0.39 is 4.92 Å². The van der Waals surface area contributed by atoms with Crippen LogP contribution in [0, 0.1) is 17.0 Å². The SMILES string of the molecule is Cc1cc(Br)cc(C=NCCNc2ccc([N+](=O)[O-])cc2)c1O. The summed E-state index contributed by atoms with van der Waals surface area (Å²) in [5.74, 6) is 0.222. The number of hydrogen-bond donors (Lipinski definition) is 2. The van der Waals surface area contributed by atoms with E-state index in [1.807, 2.05) is 13.0 Å². The lowest BCUT2D eigenvalue weighted by Gasteiger charge is -2.05. The Labute approximate surface area is 142 Å². The maximum Gasteiger partial charge on any atom is 0.269 e. The van der Waals surface area contributed by atoms with Crippen LogP contribution in [0.4, 0.5) is 11.4 Å². The number of aryl methyl sites for hydroxylation is 1. The second kappa shape index (κ2) is 7.73. The number of rotatable bonds is 6. The Morgan fingerprint density at radius 3 is 2.70 bits per heavy atom. The predicted octanol–water partition coefficient (Wildman–Crippen LogP) is 3.90. The zero-order valence-corrected chi connectivity index (χ0v) is 14.1. The Bertz CT molecular complexity index is 730. The fraction of sp³-hybridized carbons (Fsp3) is 0.188. The van der Waals surface area contributed by atoms with Crippen LogP contribution in [0.1, 0.15) is 11.1 Å². The number of aromatic hydroxyl groups is 1. The first-order chi connectivity index (χ1) is 11.0. The van der Waals surface area contributed by atoms with Crippen LogP contribution >= 0.6 is 15.9 Å². The van der Waals surface area contributed by atoms with E-state index in [1.165, 1.54) is 12.1 Å². The molecule has 0 heterocycles. The van der Waals surface area contributed by atoms with Crippen LogP contribution in [-0.2, 0) is 0 Å². The minimum atomic E-state index is -0.430. The van der Waals surface area contributed by atoms with Crippen molar-refractivity contribution in [3.63, 3.8) is 0 Å². The molecule has 0 amide bonds. The summed E-state index contributed by atoms with van der Waals surface area (Å²) in [4.78, 5) is 14.4. The molecule has 2 aromatic carbocycles.